The quantitative estimate of drug-likeness (QED) is 0.865. The molecule has 0 unspecified atom stereocenters. The van der Waals surface area contributed by atoms with E-state index >= 15 is 0 Å². The van der Waals surface area contributed by atoms with Gasteiger partial charge in [-0.2, -0.15) is 10.2 Å². The maximum absolute atomic E-state index is 13.1. The number of amides is 1. The summed E-state index contributed by atoms with van der Waals surface area (Å²) in [4.78, 5) is 15.2. The van der Waals surface area contributed by atoms with Crippen LogP contribution < -0.4 is 0 Å². The topological polar surface area (TPSA) is 56.0 Å². The van der Waals surface area contributed by atoms with Crippen molar-refractivity contribution in [2.75, 3.05) is 6.54 Å². The summed E-state index contributed by atoms with van der Waals surface area (Å²) < 4.78 is 3.82. The smallest absolute Gasteiger partial charge is 0.230 e. The highest BCUT2D eigenvalue weighted by atomic mass is 16.2. The molecule has 130 valence electrons. The molecule has 0 spiro atoms. The van der Waals surface area contributed by atoms with Gasteiger partial charge in [-0.25, -0.2) is 0 Å². The number of nitrogens with zero attached hydrogens (tertiary/aromatic N) is 5. The Kier molecular flexibility index (Phi) is 4.47. The minimum atomic E-state index is -0.154. The van der Waals surface area contributed by atoms with E-state index in [9.17, 15) is 4.79 Å². The summed E-state index contributed by atoms with van der Waals surface area (Å²) in [5, 5.41) is 8.84. The average molecular weight is 329 g/mol. The van der Waals surface area contributed by atoms with E-state index in [1.165, 1.54) is 0 Å². The van der Waals surface area contributed by atoms with Crippen LogP contribution in [0.4, 0.5) is 0 Å². The molecule has 0 N–H and O–H groups in total. The minimum Gasteiger partial charge on any atom is -0.337 e. The van der Waals surface area contributed by atoms with Gasteiger partial charge < -0.3 is 4.90 Å². The third kappa shape index (κ3) is 2.97. The monoisotopic (exact) mass is 329 g/mol. The van der Waals surface area contributed by atoms with Gasteiger partial charge >= 0.3 is 0 Å². The van der Waals surface area contributed by atoms with Crippen molar-refractivity contribution >= 4 is 5.91 Å². The van der Waals surface area contributed by atoms with E-state index in [2.05, 4.69) is 10.2 Å². The number of carbonyl (C=O) groups excluding carboxylic acids is 1. The van der Waals surface area contributed by atoms with Crippen LogP contribution in [0.5, 0.6) is 0 Å². The Morgan fingerprint density at radius 2 is 2.12 bits per heavy atom. The van der Waals surface area contributed by atoms with Gasteiger partial charge in [0, 0.05) is 31.0 Å². The van der Waals surface area contributed by atoms with Gasteiger partial charge in [0.1, 0.15) is 0 Å². The summed E-state index contributed by atoms with van der Waals surface area (Å²) in [6, 6.07) is 0.233. The molecule has 2 atom stereocenters. The van der Waals surface area contributed by atoms with Gasteiger partial charge in [-0.1, -0.05) is 0 Å². The largest absolute Gasteiger partial charge is 0.337 e. The number of likely N-dealkylation sites (tertiary alicyclic amines) is 1. The lowest BCUT2D eigenvalue weighted by Crippen LogP contribution is -2.40. The molecule has 1 aliphatic heterocycles. The molecule has 1 aliphatic rings. The lowest BCUT2D eigenvalue weighted by atomic mass is 9.97. The van der Waals surface area contributed by atoms with Gasteiger partial charge in [0.15, 0.2) is 0 Å². The maximum Gasteiger partial charge on any atom is 0.230 e. The zero-order valence-electron chi connectivity index (χ0n) is 15.3. The molecule has 0 aliphatic carbocycles. The van der Waals surface area contributed by atoms with Crippen LogP contribution in [-0.2, 0) is 18.4 Å². The lowest BCUT2D eigenvalue weighted by molar-refractivity contribution is -0.133. The van der Waals surface area contributed by atoms with Crippen LogP contribution >= 0.6 is 0 Å². The Hall–Kier alpha value is -2.11. The van der Waals surface area contributed by atoms with Crippen LogP contribution in [0.1, 0.15) is 48.2 Å². The molecule has 3 rings (SSSR count). The predicted octanol–water partition coefficient (Wildman–Crippen LogP) is 2.34. The number of hydrogen-bond donors (Lipinski definition) is 0. The van der Waals surface area contributed by atoms with Crippen molar-refractivity contribution in [3.05, 3.63) is 34.9 Å². The average Bonchev–Trinajstić information content (AvgIpc) is 3.21. The van der Waals surface area contributed by atoms with Gasteiger partial charge in [0.2, 0.25) is 5.91 Å². The van der Waals surface area contributed by atoms with Crippen molar-refractivity contribution in [2.24, 2.45) is 7.05 Å². The Balaban J connectivity index is 1.77. The van der Waals surface area contributed by atoms with Crippen LogP contribution in [0.2, 0.25) is 0 Å². The van der Waals surface area contributed by atoms with Crippen LogP contribution in [-0.4, -0.2) is 43.0 Å². The maximum atomic E-state index is 13.1. The van der Waals surface area contributed by atoms with Gasteiger partial charge in [0.05, 0.1) is 30.4 Å². The van der Waals surface area contributed by atoms with E-state index in [0.717, 1.165) is 48.4 Å². The fraction of sp³-hybridized carbons (Fsp3) is 0.611. The number of hydrogen-bond acceptors (Lipinski definition) is 3. The van der Waals surface area contributed by atoms with Crippen LogP contribution in [0.3, 0.4) is 0 Å². The molecule has 6 heteroatoms. The van der Waals surface area contributed by atoms with Crippen LogP contribution in [0.25, 0.3) is 0 Å². The molecule has 1 saturated heterocycles. The first-order valence-electron chi connectivity index (χ1n) is 8.68. The Bertz CT molecular complexity index is 745. The first kappa shape index (κ1) is 16.7. The van der Waals surface area contributed by atoms with Crippen molar-refractivity contribution < 1.29 is 4.79 Å². The molecule has 0 aromatic carbocycles. The van der Waals surface area contributed by atoms with Gasteiger partial charge in [-0.3, -0.25) is 14.2 Å². The summed E-state index contributed by atoms with van der Waals surface area (Å²) in [5.74, 6) is 0.0548. The van der Waals surface area contributed by atoms with Crippen molar-refractivity contribution in [1.29, 1.82) is 0 Å². The molecular weight excluding hydrogens is 302 g/mol. The van der Waals surface area contributed by atoms with E-state index in [-0.39, 0.29) is 17.9 Å². The molecule has 1 amide bonds. The molecule has 0 saturated carbocycles. The molecule has 1 fully saturated rings. The van der Waals surface area contributed by atoms with Gasteiger partial charge in [0.25, 0.3) is 0 Å². The second-order valence-corrected chi connectivity index (χ2v) is 7.00. The minimum absolute atomic E-state index is 0.154. The molecule has 24 heavy (non-hydrogen) atoms. The van der Waals surface area contributed by atoms with Crippen LogP contribution in [0.15, 0.2) is 12.4 Å². The fourth-order valence-electron chi connectivity index (χ4n) is 3.89. The van der Waals surface area contributed by atoms with Gasteiger partial charge in [-0.05, 0) is 46.1 Å². The summed E-state index contributed by atoms with van der Waals surface area (Å²) >= 11 is 0. The number of aromatic nitrogens is 4. The highest BCUT2D eigenvalue weighted by molar-refractivity contribution is 5.84. The van der Waals surface area contributed by atoms with E-state index in [4.69, 9.17) is 0 Å². The fourth-order valence-corrected chi connectivity index (χ4v) is 3.89. The van der Waals surface area contributed by atoms with E-state index < -0.39 is 0 Å². The number of aryl methyl sites for hydroxylation is 3. The number of rotatable bonds is 4. The molecule has 3 heterocycles. The van der Waals surface area contributed by atoms with Crippen LogP contribution in [0, 0.1) is 20.8 Å². The summed E-state index contributed by atoms with van der Waals surface area (Å²) in [5.41, 5.74) is 4.25. The summed E-state index contributed by atoms with van der Waals surface area (Å²) in [6.45, 7) is 9.68. The second kappa shape index (κ2) is 6.42. The highest BCUT2D eigenvalue weighted by Gasteiger charge is 2.34. The Morgan fingerprint density at radius 3 is 2.71 bits per heavy atom. The van der Waals surface area contributed by atoms with E-state index in [1.807, 2.05) is 61.4 Å². The van der Waals surface area contributed by atoms with Crippen molar-refractivity contribution in [3.63, 3.8) is 0 Å². The Labute approximate surface area is 143 Å². The lowest BCUT2D eigenvalue weighted by Gasteiger charge is -2.28. The zero-order chi connectivity index (χ0) is 17.4. The molecule has 6 nitrogen and oxygen atoms in total. The van der Waals surface area contributed by atoms with Crippen molar-refractivity contribution in [3.8, 4) is 0 Å². The third-order valence-corrected chi connectivity index (χ3v) is 5.19. The standard InChI is InChI=1S/C18H27N5O/c1-12-9-19-22(10-12)11-16-7-6-8-23(16)18(24)13(2)17-14(3)20-21(5)15(17)4/h9-10,13,16H,6-8,11H2,1-5H3/t13-,16-/m1/s1. The molecule has 2 aromatic heterocycles. The van der Waals surface area contributed by atoms with Crippen molar-refractivity contribution in [1.82, 2.24) is 24.5 Å². The number of carbonyl (C=O) groups is 1. The first-order valence-corrected chi connectivity index (χ1v) is 8.68. The highest BCUT2D eigenvalue weighted by Crippen LogP contribution is 2.28. The van der Waals surface area contributed by atoms with Gasteiger partial charge in [-0.15, -0.1) is 0 Å². The van der Waals surface area contributed by atoms with E-state index in [0.29, 0.717) is 0 Å². The molecule has 2 aromatic rings. The third-order valence-electron chi connectivity index (χ3n) is 5.19. The summed E-state index contributed by atoms with van der Waals surface area (Å²) in [6.07, 6.45) is 6.02. The van der Waals surface area contributed by atoms with E-state index in [1.54, 1.807) is 0 Å². The normalized spacial score (nSPS) is 19.0. The molecule has 0 bridgehead atoms. The molecular formula is C18H27N5O. The predicted molar refractivity (Wildman–Crippen MR) is 92.8 cm³/mol. The Morgan fingerprint density at radius 1 is 1.38 bits per heavy atom. The zero-order valence-corrected chi connectivity index (χ0v) is 15.3. The SMILES string of the molecule is Cc1cnn(C[C@H]2CCCN2C(=O)[C@H](C)c2c(C)nn(C)c2C)c1. The molecule has 0 radical (unpaired) electrons. The second-order valence-electron chi connectivity index (χ2n) is 7.00. The summed E-state index contributed by atoms with van der Waals surface area (Å²) in [7, 11) is 1.93. The first-order chi connectivity index (χ1) is 11.4. The van der Waals surface area contributed by atoms with Crippen molar-refractivity contribution in [2.45, 2.75) is 59.0 Å².